The molecular weight excluding hydrogens is 410 g/mol. The van der Waals surface area contributed by atoms with E-state index in [1.54, 1.807) is 0 Å². The van der Waals surface area contributed by atoms with E-state index in [2.05, 4.69) is 30.9 Å². The predicted octanol–water partition coefficient (Wildman–Crippen LogP) is 5.68. The summed E-state index contributed by atoms with van der Waals surface area (Å²) in [6.45, 7) is 9.40. The van der Waals surface area contributed by atoms with E-state index in [0.29, 0.717) is 12.2 Å². The molecule has 1 saturated carbocycles. The van der Waals surface area contributed by atoms with Gasteiger partial charge in [0.25, 0.3) is 12.3 Å². The van der Waals surface area contributed by atoms with Crippen LogP contribution >= 0.6 is 0 Å². The van der Waals surface area contributed by atoms with Crippen molar-refractivity contribution in [3.05, 3.63) is 53.3 Å². The smallest absolute Gasteiger partial charge is 0.280 e. The number of benzene rings is 1. The Labute approximate surface area is 186 Å². The van der Waals surface area contributed by atoms with Crippen LogP contribution in [-0.4, -0.2) is 38.0 Å². The molecule has 7 heteroatoms. The summed E-state index contributed by atoms with van der Waals surface area (Å²) in [5, 5.41) is 4.14. The number of likely N-dealkylation sites (tertiary alicyclic amines) is 1. The highest BCUT2D eigenvalue weighted by Gasteiger charge is 2.51. The number of hydrogen-bond acceptors (Lipinski definition) is 3. The number of carbonyl (C=O) groups excluding carboxylic acids is 1. The van der Waals surface area contributed by atoms with Gasteiger partial charge >= 0.3 is 0 Å². The molecule has 1 aliphatic carbocycles. The third-order valence-corrected chi connectivity index (χ3v) is 6.98. The molecule has 3 heterocycles. The van der Waals surface area contributed by atoms with Gasteiger partial charge in [-0.2, -0.15) is 5.10 Å². The third kappa shape index (κ3) is 3.48. The second-order valence-electron chi connectivity index (χ2n) is 10.7. The summed E-state index contributed by atoms with van der Waals surface area (Å²) >= 11 is 0. The standard InChI is InChI=1S/C25H28F2N4O/c1-15-5-7-16(8-6-15)19-9-20(21(26)27)31-22(29-19)18(12-28-31)23(32)30-14-25(4)11-17(30)10-24(2,3)13-25/h5-9,12,17,21H,10-11,13-14H2,1-4H3/t17-,25+/m0/s1. The fourth-order valence-electron chi connectivity index (χ4n) is 6.02. The number of fused-ring (bicyclic) bond motifs is 3. The monoisotopic (exact) mass is 438 g/mol. The van der Waals surface area contributed by atoms with E-state index >= 15 is 0 Å². The minimum absolute atomic E-state index is 0.0830. The summed E-state index contributed by atoms with van der Waals surface area (Å²) in [4.78, 5) is 20.2. The van der Waals surface area contributed by atoms with Crippen LogP contribution < -0.4 is 0 Å². The van der Waals surface area contributed by atoms with Crippen molar-refractivity contribution >= 4 is 11.6 Å². The molecule has 1 aliphatic heterocycles. The van der Waals surface area contributed by atoms with Crippen LogP contribution in [-0.2, 0) is 0 Å². The summed E-state index contributed by atoms with van der Waals surface area (Å²) in [7, 11) is 0. The quantitative estimate of drug-likeness (QED) is 0.528. The van der Waals surface area contributed by atoms with E-state index in [4.69, 9.17) is 0 Å². The highest BCUT2D eigenvalue weighted by molar-refractivity contribution is 6.00. The van der Waals surface area contributed by atoms with E-state index in [9.17, 15) is 13.6 Å². The molecule has 168 valence electrons. The number of alkyl halides is 2. The van der Waals surface area contributed by atoms with Gasteiger partial charge in [0, 0.05) is 18.2 Å². The number of carbonyl (C=O) groups is 1. The van der Waals surface area contributed by atoms with Gasteiger partial charge in [-0.15, -0.1) is 0 Å². The van der Waals surface area contributed by atoms with Crippen LogP contribution in [0.5, 0.6) is 0 Å². The first-order valence-electron chi connectivity index (χ1n) is 11.1. The lowest BCUT2D eigenvalue weighted by Crippen LogP contribution is -2.37. The highest BCUT2D eigenvalue weighted by Crippen LogP contribution is 2.52. The number of hydrogen-bond donors (Lipinski definition) is 0. The Morgan fingerprint density at radius 2 is 1.88 bits per heavy atom. The van der Waals surface area contributed by atoms with Crippen molar-refractivity contribution in [2.75, 3.05) is 6.54 Å². The van der Waals surface area contributed by atoms with Gasteiger partial charge in [0.1, 0.15) is 11.3 Å². The summed E-state index contributed by atoms with van der Waals surface area (Å²) in [5.74, 6) is -0.166. The van der Waals surface area contributed by atoms with Crippen LogP contribution in [0.4, 0.5) is 8.78 Å². The Bertz CT molecular complexity index is 1200. The summed E-state index contributed by atoms with van der Waals surface area (Å²) in [6.07, 6.45) is 1.65. The zero-order valence-corrected chi connectivity index (χ0v) is 18.9. The zero-order chi connectivity index (χ0) is 22.8. The Morgan fingerprint density at radius 3 is 2.56 bits per heavy atom. The first-order valence-corrected chi connectivity index (χ1v) is 11.1. The second kappa shape index (κ2) is 7.09. The van der Waals surface area contributed by atoms with Gasteiger partial charge in [0.2, 0.25) is 0 Å². The maximum Gasteiger partial charge on any atom is 0.280 e. The fourth-order valence-corrected chi connectivity index (χ4v) is 6.02. The lowest BCUT2D eigenvalue weighted by atomic mass is 9.65. The van der Waals surface area contributed by atoms with Crippen LogP contribution in [0.1, 0.15) is 68.1 Å². The normalized spacial score (nSPS) is 24.5. The number of amides is 1. The molecule has 1 saturated heterocycles. The molecule has 1 aromatic carbocycles. The molecule has 5 nitrogen and oxygen atoms in total. The lowest BCUT2D eigenvalue weighted by molar-refractivity contribution is 0.0709. The molecule has 1 amide bonds. The van der Waals surface area contributed by atoms with Crippen LogP contribution in [0.25, 0.3) is 16.9 Å². The molecule has 2 aliphatic rings. The van der Waals surface area contributed by atoms with Crippen molar-refractivity contribution in [2.45, 2.75) is 59.4 Å². The van der Waals surface area contributed by atoms with Gasteiger partial charge in [-0.1, -0.05) is 50.6 Å². The summed E-state index contributed by atoms with van der Waals surface area (Å²) in [5.41, 5.74) is 2.68. The van der Waals surface area contributed by atoms with Crippen molar-refractivity contribution in [3.63, 3.8) is 0 Å². The average molecular weight is 439 g/mol. The average Bonchev–Trinajstić information content (AvgIpc) is 3.24. The molecule has 2 bridgehead atoms. The first-order chi connectivity index (χ1) is 15.1. The minimum atomic E-state index is -2.74. The van der Waals surface area contributed by atoms with Gasteiger partial charge in [-0.05, 0) is 43.1 Å². The number of rotatable bonds is 3. The van der Waals surface area contributed by atoms with Crippen molar-refractivity contribution < 1.29 is 13.6 Å². The number of halogens is 2. The molecule has 2 fully saturated rings. The van der Waals surface area contributed by atoms with Crippen LogP contribution in [0.3, 0.4) is 0 Å². The van der Waals surface area contributed by atoms with Crippen LogP contribution in [0.15, 0.2) is 36.5 Å². The van der Waals surface area contributed by atoms with Crippen molar-refractivity contribution in [3.8, 4) is 11.3 Å². The minimum Gasteiger partial charge on any atom is -0.335 e. The van der Waals surface area contributed by atoms with E-state index in [0.717, 1.165) is 34.9 Å². The van der Waals surface area contributed by atoms with Crippen molar-refractivity contribution in [2.24, 2.45) is 10.8 Å². The summed E-state index contributed by atoms with van der Waals surface area (Å²) in [6, 6.07) is 9.05. The highest BCUT2D eigenvalue weighted by atomic mass is 19.3. The predicted molar refractivity (Wildman–Crippen MR) is 119 cm³/mol. The molecule has 3 aromatic rings. The van der Waals surface area contributed by atoms with E-state index in [1.807, 2.05) is 36.1 Å². The van der Waals surface area contributed by atoms with Crippen molar-refractivity contribution in [1.29, 1.82) is 0 Å². The van der Waals surface area contributed by atoms with Crippen LogP contribution in [0.2, 0.25) is 0 Å². The number of aromatic nitrogens is 3. The zero-order valence-electron chi connectivity index (χ0n) is 18.9. The Hall–Kier alpha value is -2.83. The Balaban J connectivity index is 1.59. The lowest BCUT2D eigenvalue weighted by Gasteiger charge is -2.39. The molecule has 5 rings (SSSR count). The molecule has 2 atom stereocenters. The maximum absolute atomic E-state index is 13.9. The molecule has 2 aromatic heterocycles. The Kier molecular flexibility index (Phi) is 4.66. The number of aryl methyl sites for hydroxylation is 1. The molecule has 0 N–H and O–H groups in total. The number of nitrogens with zero attached hydrogens (tertiary/aromatic N) is 4. The first kappa shape index (κ1) is 21.0. The Morgan fingerprint density at radius 1 is 1.16 bits per heavy atom. The second-order valence-corrected chi connectivity index (χ2v) is 10.7. The molecule has 32 heavy (non-hydrogen) atoms. The fraction of sp³-hybridized carbons (Fsp3) is 0.480. The van der Waals surface area contributed by atoms with Gasteiger partial charge in [-0.25, -0.2) is 18.3 Å². The molecular formula is C25H28F2N4O. The largest absolute Gasteiger partial charge is 0.335 e. The maximum atomic E-state index is 13.9. The SMILES string of the molecule is Cc1ccc(-c2cc(C(F)F)n3ncc(C(=O)N4C[C@]5(C)C[C@@H]4CC(C)(C)C5)c3n2)cc1. The van der Waals surface area contributed by atoms with Gasteiger partial charge in [0.05, 0.1) is 11.9 Å². The third-order valence-electron chi connectivity index (χ3n) is 6.98. The molecule has 0 radical (unpaired) electrons. The topological polar surface area (TPSA) is 50.5 Å². The van der Waals surface area contributed by atoms with Gasteiger partial charge in [-0.3, -0.25) is 4.79 Å². The molecule has 0 unspecified atom stereocenters. The van der Waals surface area contributed by atoms with Gasteiger partial charge in [0.15, 0.2) is 5.65 Å². The van der Waals surface area contributed by atoms with Crippen LogP contribution in [0, 0.1) is 17.8 Å². The van der Waals surface area contributed by atoms with Crippen molar-refractivity contribution in [1.82, 2.24) is 19.5 Å². The summed E-state index contributed by atoms with van der Waals surface area (Å²) < 4.78 is 28.9. The van der Waals surface area contributed by atoms with E-state index in [1.165, 1.54) is 12.3 Å². The van der Waals surface area contributed by atoms with Gasteiger partial charge < -0.3 is 4.90 Å². The van der Waals surface area contributed by atoms with E-state index in [-0.39, 0.29) is 39.7 Å². The molecule has 0 spiro atoms. The van der Waals surface area contributed by atoms with E-state index < -0.39 is 6.43 Å².